The van der Waals surface area contributed by atoms with Crippen LogP contribution in [0.25, 0.3) is 0 Å². The summed E-state index contributed by atoms with van der Waals surface area (Å²) in [6.07, 6.45) is 0.851. The fourth-order valence-electron chi connectivity index (χ4n) is 3.04. The van der Waals surface area contributed by atoms with Crippen LogP contribution >= 0.6 is 0 Å². The number of carboxylic acids is 1. The number of carbonyl (C=O) groups excluding carboxylic acids is 2. The Morgan fingerprint density at radius 1 is 1.20 bits per heavy atom. The van der Waals surface area contributed by atoms with Gasteiger partial charge in [0, 0.05) is 25.7 Å². The largest absolute Gasteiger partial charge is 0.481 e. The summed E-state index contributed by atoms with van der Waals surface area (Å²) in [6, 6.07) is 2.95. The van der Waals surface area contributed by atoms with Crippen molar-refractivity contribution in [3.05, 3.63) is 34.6 Å². The maximum Gasteiger partial charge on any atom is 0.306 e. The molecule has 0 bridgehead atoms. The van der Waals surface area contributed by atoms with E-state index >= 15 is 0 Å². The third-order valence-corrected chi connectivity index (χ3v) is 4.60. The van der Waals surface area contributed by atoms with Crippen molar-refractivity contribution < 1.29 is 23.9 Å². The minimum Gasteiger partial charge on any atom is -0.481 e. The molecule has 1 aromatic carbocycles. The molecule has 25 heavy (non-hydrogen) atoms. The van der Waals surface area contributed by atoms with Crippen molar-refractivity contribution in [3.63, 3.8) is 0 Å². The number of hydrogen-bond acceptors (Lipinski definition) is 3. The molecule has 1 aliphatic heterocycles. The van der Waals surface area contributed by atoms with E-state index in [1.165, 1.54) is 24.1 Å². The Kier molecular flexibility index (Phi) is 5.77. The molecule has 1 heterocycles. The fourth-order valence-corrected chi connectivity index (χ4v) is 3.04. The number of aliphatic carboxylic acids is 1. The number of aryl methyl sites for hydroxylation is 2. The molecule has 0 atom stereocenters. The molecular weight excluding hydrogens is 327 g/mol. The van der Waals surface area contributed by atoms with Gasteiger partial charge in [-0.3, -0.25) is 14.4 Å². The Morgan fingerprint density at radius 3 is 2.20 bits per heavy atom. The molecule has 136 valence electrons. The lowest BCUT2D eigenvalue weighted by atomic mass is 9.97. The summed E-state index contributed by atoms with van der Waals surface area (Å²) in [5.74, 6) is -2.14. The highest BCUT2D eigenvalue weighted by atomic mass is 19.1. The van der Waals surface area contributed by atoms with E-state index < -0.39 is 11.9 Å². The lowest BCUT2D eigenvalue weighted by Crippen LogP contribution is -2.45. The van der Waals surface area contributed by atoms with E-state index in [9.17, 15) is 18.8 Å². The van der Waals surface area contributed by atoms with Crippen LogP contribution in [0.5, 0.6) is 0 Å². The van der Waals surface area contributed by atoms with Crippen LogP contribution in [0.2, 0.25) is 0 Å². The Morgan fingerprint density at radius 2 is 1.72 bits per heavy atom. The first-order valence-corrected chi connectivity index (χ1v) is 8.23. The number of piperidine rings is 1. The molecular formula is C18H23FN2O4. The van der Waals surface area contributed by atoms with Crippen molar-refractivity contribution in [2.75, 3.05) is 26.7 Å². The highest BCUT2D eigenvalue weighted by molar-refractivity contribution is 5.96. The molecule has 0 saturated carbocycles. The second kappa shape index (κ2) is 7.63. The van der Waals surface area contributed by atoms with E-state index in [2.05, 4.69) is 0 Å². The fraction of sp³-hybridized carbons (Fsp3) is 0.500. The minimum absolute atomic E-state index is 0.0912. The quantitative estimate of drug-likeness (QED) is 0.899. The molecule has 0 radical (unpaired) electrons. The van der Waals surface area contributed by atoms with Gasteiger partial charge in [-0.2, -0.15) is 0 Å². The van der Waals surface area contributed by atoms with Crippen LogP contribution in [0.4, 0.5) is 4.39 Å². The molecule has 0 unspecified atom stereocenters. The van der Waals surface area contributed by atoms with Gasteiger partial charge in [-0.1, -0.05) is 0 Å². The lowest BCUT2D eigenvalue weighted by molar-refractivity contribution is -0.145. The second-order valence-electron chi connectivity index (χ2n) is 6.58. The van der Waals surface area contributed by atoms with Crippen LogP contribution in [-0.4, -0.2) is 59.4 Å². The monoisotopic (exact) mass is 350 g/mol. The molecule has 2 rings (SSSR count). The van der Waals surface area contributed by atoms with Gasteiger partial charge >= 0.3 is 5.97 Å². The Labute approximate surface area is 146 Å². The van der Waals surface area contributed by atoms with Gasteiger partial charge in [0.1, 0.15) is 5.82 Å². The Bertz CT molecular complexity index is 673. The van der Waals surface area contributed by atoms with Crippen molar-refractivity contribution in [2.45, 2.75) is 26.7 Å². The number of nitrogens with zero attached hydrogens (tertiary/aromatic N) is 2. The van der Waals surface area contributed by atoms with Gasteiger partial charge in [0.2, 0.25) is 5.91 Å². The minimum atomic E-state index is -0.832. The molecule has 0 aromatic heterocycles. The smallest absolute Gasteiger partial charge is 0.306 e. The number of carbonyl (C=O) groups is 3. The van der Waals surface area contributed by atoms with Crippen molar-refractivity contribution in [1.29, 1.82) is 0 Å². The number of halogens is 1. The normalized spacial score (nSPS) is 15.1. The summed E-state index contributed by atoms with van der Waals surface area (Å²) in [5, 5.41) is 8.99. The third-order valence-electron chi connectivity index (χ3n) is 4.60. The summed E-state index contributed by atoms with van der Waals surface area (Å²) in [4.78, 5) is 38.7. The number of hydrogen-bond donors (Lipinski definition) is 1. The third kappa shape index (κ3) is 4.35. The van der Waals surface area contributed by atoms with Gasteiger partial charge in [0.15, 0.2) is 0 Å². The van der Waals surface area contributed by atoms with Gasteiger partial charge in [-0.15, -0.1) is 0 Å². The average Bonchev–Trinajstić information content (AvgIpc) is 2.58. The Hall–Kier alpha value is -2.44. The van der Waals surface area contributed by atoms with E-state index in [1.807, 2.05) is 0 Å². The van der Waals surface area contributed by atoms with Crippen LogP contribution in [0.1, 0.15) is 34.3 Å². The molecule has 1 aliphatic rings. The van der Waals surface area contributed by atoms with E-state index in [1.54, 1.807) is 18.7 Å². The van der Waals surface area contributed by atoms with Crippen molar-refractivity contribution >= 4 is 17.8 Å². The molecule has 1 saturated heterocycles. The molecule has 7 heteroatoms. The SMILES string of the molecule is Cc1cc(C(=O)N(C)CC(=O)N2CCC(C(=O)O)CC2)cc(C)c1F. The zero-order chi connectivity index (χ0) is 18.7. The average molecular weight is 350 g/mol. The lowest BCUT2D eigenvalue weighted by Gasteiger charge is -2.31. The van der Waals surface area contributed by atoms with Crippen molar-refractivity contribution in [1.82, 2.24) is 9.80 Å². The number of rotatable bonds is 4. The van der Waals surface area contributed by atoms with Gasteiger partial charge in [-0.05, 0) is 49.9 Å². The number of carboxylic acid groups (broad SMARTS) is 1. The summed E-state index contributed by atoms with van der Waals surface area (Å²) in [6.45, 7) is 3.86. The molecule has 2 amide bonds. The maximum absolute atomic E-state index is 13.7. The van der Waals surface area contributed by atoms with Crippen molar-refractivity contribution in [2.24, 2.45) is 5.92 Å². The van der Waals surface area contributed by atoms with Gasteiger partial charge < -0.3 is 14.9 Å². The highest BCUT2D eigenvalue weighted by Crippen LogP contribution is 2.18. The van der Waals surface area contributed by atoms with Crippen LogP contribution in [-0.2, 0) is 9.59 Å². The first kappa shape index (κ1) is 18.9. The summed E-state index contributed by atoms with van der Waals surface area (Å²) in [5.41, 5.74) is 1.12. The number of likely N-dealkylation sites (N-methyl/N-ethyl adjacent to an activating group) is 1. The topological polar surface area (TPSA) is 77.9 Å². The maximum atomic E-state index is 13.7. The number of likely N-dealkylation sites (tertiary alicyclic amines) is 1. The first-order chi connectivity index (χ1) is 11.7. The van der Waals surface area contributed by atoms with E-state index in [0.717, 1.165) is 0 Å². The summed E-state index contributed by atoms with van der Waals surface area (Å²) >= 11 is 0. The number of benzene rings is 1. The standard InChI is InChI=1S/C18H23FN2O4/c1-11-8-14(9-12(2)16(11)19)17(23)20(3)10-15(22)21-6-4-13(5-7-21)18(24)25/h8-9,13H,4-7,10H2,1-3H3,(H,24,25). The predicted octanol–water partition coefficient (Wildman–Crippen LogP) is 1.84. The zero-order valence-corrected chi connectivity index (χ0v) is 14.7. The van der Waals surface area contributed by atoms with Crippen LogP contribution in [0.15, 0.2) is 12.1 Å². The number of amides is 2. The molecule has 1 N–H and O–H groups in total. The van der Waals surface area contributed by atoms with Gasteiger partial charge in [-0.25, -0.2) is 4.39 Å². The summed E-state index contributed by atoms with van der Waals surface area (Å²) < 4.78 is 13.7. The van der Waals surface area contributed by atoms with Gasteiger partial charge in [0.25, 0.3) is 5.91 Å². The van der Waals surface area contributed by atoms with E-state index in [-0.39, 0.29) is 24.2 Å². The predicted molar refractivity (Wildman–Crippen MR) is 89.8 cm³/mol. The van der Waals surface area contributed by atoms with Crippen molar-refractivity contribution in [3.8, 4) is 0 Å². The van der Waals surface area contributed by atoms with Crippen LogP contribution in [0, 0.1) is 25.6 Å². The molecule has 0 aliphatic carbocycles. The van der Waals surface area contributed by atoms with E-state index in [4.69, 9.17) is 5.11 Å². The van der Waals surface area contributed by atoms with Crippen LogP contribution in [0.3, 0.4) is 0 Å². The van der Waals surface area contributed by atoms with E-state index in [0.29, 0.717) is 42.6 Å². The first-order valence-electron chi connectivity index (χ1n) is 8.23. The molecule has 1 fully saturated rings. The highest BCUT2D eigenvalue weighted by Gasteiger charge is 2.28. The zero-order valence-electron chi connectivity index (χ0n) is 14.7. The Balaban J connectivity index is 1.97. The van der Waals surface area contributed by atoms with Crippen LogP contribution < -0.4 is 0 Å². The second-order valence-corrected chi connectivity index (χ2v) is 6.58. The van der Waals surface area contributed by atoms with Gasteiger partial charge in [0.05, 0.1) is 12.5 Å². The molecule has 0 spiro atoms. The molecule has 6 nitrogen and oxygen atoms in total. The molecule has 1 aromatic rings. The summed E-state index contributed by atoms with van der Waals surface area (Å²) in [7, 11) is 1.53.